The summed E-state index contributed by atoms with van der Waals surface area (Å²) in [4.78, 5) is 15.1. The Balaban J connectivity index is 1.86. The van der Waals surface area contributed by atoms with Crippen LogP contribution in [0.5, 0.6) is 11.5 Å². The van der Waals surface area contributed by atoms with Gasteiger partial charge in [-0.1, -0.05) is 39.7 Å². The second kappa shape index (κ2) is 13.0. The molecule has 0 radical (unpaired) electrons. The predicted molar refractivity (Wildman–Crippen MR) is 146 cm³/mol. The molecule has 4 nitrogen and oxygen atoms in total. The summed E-state index contributed by atoms with van der Waals surface area (Å²) >= 11 is 0. The van der Waals surface area contributed by atoms with Crippen molar-refractivity contribution < 1.29 is 18.3 Å². The van der Waals surface area contributed by atoms with E-state index in [1.54, 1.807) is 30.3 Å². The first kappa shape index (κ1) is 28.8. The number of nitrogens with zero attached hydrogens (tertiary/aromatic N) is 1. The third-order valence-electron chi connectivity index (χ3n) is 6.62. The molecular weight excluding hydrogens is 457 g/mol. The van der Waals surface area contributed by atoms with Crippen LogP contribution in [-0.2, 0) is 0 Å². The molecule has 0 amide bonds. The summed E-state index contributed by atoms with van der Waals surface area (Å²) < 4.78 is 26.7. The Morgan fingerprint density at radius 1 is 1.03 bits per heavy atom. The Labute approximate surface area is 212 Å². The molecule has 0 N–H and O–H groups in total. The van der Waals surface area contributed by atoms with Crippen molar-refractivity contribution in [3.8, 4) is 11.5 Å². The predicted octanol–water partition coefficient (Wildman–Crippen LogP) is 7.50. The van der Waals surface area contributed by atoms with Gasteiger partial charge in [0.1, 0.15) is 17.3 Å². The molecule has 0 atom stereocenters. The smallest absolute Gasteiger partial charge is 0.250 e. The number of benzene rings is 2. The zero-order valence-electron chi connectivity index (χ0n) is 22.3. The maximum Gasteiger partial charge on any atom is 0.250 e. The molecule has 2 aromatic carbocycles. The molecule has 6 heteroatoms. The molecule has 0 aliphatic carbocycles. The number of hydrogen-bond acceptors (Lipinski definition) is 4. The molecule has 0 heterocycles. The van der Waals surface area contributed by atoms with Crippen LogP contribution in [-0.4, -0.2) is 45.7 Å². The van der Waals surface area contributed by atoms with Crippen molar-refractivity contribution in [1.29, 1.82) is 0 Å². The number of likely N-dealkylation sites (N-methyl/N-ethyl adjacent to an activating group) is 1. The first-order valence-corrected chi connectivity index (χ1v) is 15.4. The van der Waals surface area contributed by atoms with Gasteiger partial charge in [0, 0.05) is 18.2 Å². The van der Waals surface area contributed by atoms with Gasteiger partial charge in [0.25, 0.3) is 0 Å². The van der Waals surface area contributed by atoms with E-state index in [9.17, 15) is 9.18 Å². The van der Waals surface area contributed by atoms with E-state index >= 15 is 0 Å². The van der Waals surface area contributed by atoms with E-state index < -0.39 is 14.1 Å². The van der Waals surface area contributed by atoms with Crippen molar-refractivity contribution in [3.63, 3.8) is 0 Å². The van der Waals surface area contributed by atoms with Gasteiger partial charge < -0.3 is 14.1 Å². The fraction of sp³-hybridized carbons (Fsp3) is 0.483. The lowest BCUT2D eigenvalue weighted by Gasteiger charge is -2.36. The number of carbonyl (C=O) groups is 1. The minimum absolute atomic E-state index is 0.0408. The molecule has 0 bridgehead atoms. The van der Waals surface area contributed by atoms with E-state index in [0.717, 1.165) is 44.5 Å². The fourth-order valence-corrected chi connectivity index (χ4v) is 4.42. The molecular formula is C29H42FNO3Si. The van der Waals surface area contributed by atoms with Crippen molar-refractivity contribution in [2.75, 3.05) is 26.7 Å². The molecule has 2 rings (SSSR count). The van der Waals surface area contributed by atoms with Crippen LogP contribution in [0.15, 0.2) is 55.1 Å². The second-order valence-electron chi connectivity index (χ2n) is 10.7. The summed E-state index contributed by atoms with van der Waals surface area (Å²) in [5.74, 6) is 0.262. The monoisotopic (exact) mass is 499 g/mol. The average molecular weight is 500 g/mol. The normalized spacial score (nSPS) is 12.0. The number of rotatable bonds is 14. The molecule has 0 unspecified atom stereocenters. The van der Waals surface area contributed by atoms with Gasteiger partial charge in [-0.05, 0) is 81.0 Å². The van der Waals surface area contributed by atoms with Gasteiger partial charge in [0.2, 0.25) is 8.32 Å². The molecule has 0 saturated heterocycles. The minimum atomic E-state index is -1.96. The Kier molecular flexibility index (Phi) is 10.7. The lowest BCUT2D eigenvalue weighted by Crippen LogP contribution is -2.43. The first-order chi connectivity index (χ1) is 16.4. The standard InChI is InChI=1S/C29H42FNO3Si/c1-8-19-31(5)20-11-9-10-12-21-33-25-17-18-26(27(30)22-25)28(32)23-13-15-24(16-14-23)34-35(6,7)29(2,3)4/h8,13-18,22H,1,9-12,19-21H2,2-7H3. The third-order valence-corrected chi connectivity index (χ3v) is 11.0. The third kappa shape index (κ3) is 8.93. The molecule has 0 aromatic heterocycles. The topological polar surface area (TPSA) is 38.8 Å². The van der Waals surface area contributed by atoms with Gasteiger partial charge in [-0.25, -0.2) is 4.39 Å². The maximum atomic E-state index is 14.7. The SMILES string of the molecule is C=CCN(C)CCCCCCOc1ccc(C(=O)c2ccc(O[Si](C)(C)C(C)(C)C)cc2)c(F)c1. The Morgan fingerprint density at radius 3 is 2.26 bits per heavy atom. The number of halogens is 1. The Hall–Kier alpha value is -2.44. The van der Waals surface area contributed by atoms with E-state index in [1.165, 1.54) is 12.1 Å². The van der Waals surface area contributed by atoms with Crippen LogP contribution in [0.25, 0.3) is 0 Å². The fourth-order valence-electron chi connectivity index (χ4n) is 3.39. The summed E-state index contributed by atoms with van der Waals surface area (Å²) in [5.41, 5.74) is 0.470. The van der Waals surface area contributed by atoms with Gasteiger partial charge in [-0.15, -0.1) is 6.58 Å². The van der Waals surface area contributed by atoms with Crippen LogP contribution < -0.4 is 9.16 Å². The van der Waals surface area contributed by atoms with Crippen molar-refractivity contribution in [3.05, 3.63) is 72.1 Å². The highest BCUT2D eigenvalue weighted by Gasteiger charge is 2.38. The van der Waals surface area contributed by atoms with E-state index in [0.29, 0.717) is 17.9 Å². The molecule has 0 spiro atoms. The van der Waals surface area contributed by atoms with Crippen molar-refractivity contribution >= 4 is 14.1 Å². The van der Waals surface area contributed by atoms with Crippen LogP contribution in [0.3, 0.4) is 0 Å². The molecule has 2 aromatic rings. The molecule has 0 aliphatic rings. The van der Waals surface area contributed by atoms with Gasteiger partial charge in [0.15, 0.2) is 5.78 Å². The second-order valence-corrected chi connectivity index (χ2v) is 15.4. The average Bonchev–Trinajstić information content (AvgIpc) is 2.78. The highest BCUT2D eigenvalue weighted by molar-refractivity contribution is 6.74. The number of ether oxygens (including phenoxy) is 1. The molecule has 192 valence electrons. The van der Waals surface area contributed by atoms with Gasteiger partial charge in [-0.3, -0.25) is 4.79 Å². The summed E-state index contributed by atoms with van der Waals surface area (Å²) in [7, 11) is 0.128. The van der Waals surface area contributed by atoms with E-state index in [2.05, 4.69) is 52.4 Å². The number of carbonyl (C=O) groups excluding carboxylic acids is 1. The zero-order chi connectivity index (χ0) is 26.1. The molecule has 35 heavy (non-hydrogen) atoms. The van der Waals surface area contributed by atoms with E-state index in [1.807, 2.05) is 6.08 Å². The summed E-state index contributed by atoms with van der Waals surface area (Å²) in [6.45, 7) is 17.1. The van der Waals surface area contributed by atoms with E-state index in [4.69, 9.17) is 9.16 Å². The minimum Gasteiger partial charge on any atom is -0.544 e. The summed E-state index contributed by atoms with van der Waals surface area (Å²) in [6.07, 6.45) is 6.16. The molecule has 0 aliphatic heterocycles. The molecule has 0 saturated carbocycles. The highest BCUT2D eigenvalue weighted by atomic mass is 28.4. The largest absolute Gasteiger partial charge is 0.544 e. The van der Waals surface area contributed by atoms with Crippen molar-refractivity contribution in [2.24, 2.45) is 0 Å². The zero-order valence-corrected chi connectivity index (χ0v) is 23.3. The first-order valence-electron chi connectivity index (χ1n) is 12.5. The van der Waals surface area contributed by atoms with Crippen LogP contribution in [0, 0.1) is 5.82 Å². The van der Waals surface area contributed by atoms with Crippen LogP contribution in [0.4, 0.5) is 4.39 Å². The maximum absolute atomic E-state index is 14.7. The van der Waals surface area contributed by atoms with E-state index in [-0.39, 0.29) is 16.4 Å². The summed E-state index contributed by atoms with van der Waals surface area (Å²) in [5, 5.41) is 0.0801. The number of hydrogen-bond donors (Lipinski definition) is 0. The number of ketones is 1. The van der Waals surface area contributed by atoms with Gasteiger partial charge >= 0.3 is 0 Å². The van der Waals surface area contributed by atoms with Gasteiger partial charge in [0.05, 0.1) is 12.2 Å². The lowest BCUT2D eigenvalue weighted by molar-refractivity contribution is 0.103. The van der Waals surface area contributed by atoms with Crippen molar-refractivity contribution in [2.45, 2.75) is 64.6 Å². The Morgan fingerprint density at radius 2 is 1.66 bits per heavy atom. The van der Waals surface area contributed by atoms with Gasteiger partial charge in [-0.2, -0.15) is 0 Å². The van der Waals surface area contributed by atoms with Crippen LogP contribution in [0.2, 0.25) is 18.1 Å². The van der Waals surface area contributed by atoms with Crippen LogP contribution >= 0.6 is 0 Å². The lowest BCUT2D eigenvalue weighted by atomic mass is 10.0. The highest BCUT2D eigenvalue weighted by Crippen LogP contribution is 2.37. The van der Waals surface area contributed by atoms with Crippen LogP contribution in [0.1, 0.15) is 62.4 Å². The Bertz CT molecular complexity index is 967. The number of unbranched alkanes of at least 4 members (excludes halogenated alkanes) is 3. The van der Waals surface area contributed by atoms with Crippen molar-refractivity contribution in [1.82, 2.24) is 4.90 Å². The quantitative estimate of drug-likeness (QED) is 0.117. The summed E-state index contributed by atoms with van der Waals surface area (Å²) in [6, 6.07) is 11.4. The molecule has 0 fully saturated rings.